The third-order valence-corrected chi connectivity index (χ3v) is 7.24. The van der Waals surface area contributed by atoms with Crippen LogP contribution in [-0.4, -0.2) is 79.7 Å². The molecule has 2 aliphatic heterocycles. The van der Waals surface area contributed by atoms with Crippen LogP contribution in [-0.2, 0) is 4.79 Å². The van der Waals surface area contributed by atoms with Crippen molar-refractivity contribution in [2.75, 3.05) is 45.3 Å². The van der Waals surface area contributed by atoms with Crippen LogP contribution < -0.4 is 19.1 Å². The first kappa shape index (κ1) is 24.4. The van der Waals surface area contributed by atoms with Crippen molar-refractivity contribution in [1.29, 1.82) is 0 Å². The number of hydrogen-bond donors (Lipinski definition) is 1. The summed E-state index contributed by atoms with van der Waals surface area (Å²) < 4.78 is 17.6. The molecule has 1 aliphatic carbocycles. The molecule has 1 unspecified atom stereocenters. The number of benzene rings is 1. The lowest BCUT2D eigenvalue weighted by Gasteiger charge is -2.32. The van der Waals surface area contributed by atoms with E-state index in [2.05, 4.69) is 14.9 Å². The van der Waals surface area contributed by atoms with Crippen LogP contribution in [0.25, 0.3) is 0 Å². The fourth-order valence-electron chi connectivity index (χ4n) is 5.34. The third-order valence-electron chi connectivity index (χ3n) is 7.24. The van der Waals surface area contributed by atoms with E-state index in [4.69, 9.17) is 14.2 Å². The largest absolute Gasteiger partial charge is 0.490 e. The summed E-state index contributed by atoms with van der Waals surface area (Å²) in [6.07, 6.45) is 7.01. The molecule has 1 saturated heterocycles. The molecule has 0 radical (unpaired) electrons. The Balaban J connectivity index is 1.29. The summed E-state index contributed by atoms with van der Waals surface area (Å²) >= 11 is 0. The number of fused-ring (bicyclic) bond motifs is 1. The van der Waals surface area contributed by atoms with Crippen molar-refractivity contribution in [3.63, 3.8) is 0 Å². The van der Waals surface area contributed by atoms with E-state index in [1.807, 2.05) is 29.2 Å². The van der Waals surface area contributed by atoms with Crippen LogP contribution in [0.15, 0.2) is 35.5 Å². The molecule has 2 aromatic rings. The molecule has 0 spiro atoms. The number of anilines is 2. The number of aromatic nitrogens is 1. The van der Waals surface area contributed by atoms with Crippen LogP contribution in [0.5, 0.6) is 17.4 Å². The molecular weight excluding hydrogens is 460 g/mol. The lowest BCUT2D eigenvalue weighted by atomic mass is 9.86. The number of rotatable bonds is 6. The SMILES string of the molecule is CN=Cc1cc(N2CCOc3ccc(OC4CCN(C(=O)C5CCC(O)CC5)C4)cc32)cnc1OC. The highest BCUT2D eigenvalue weighted by atomic mass is 16.5. The smallest absolute Gasteiger partial charge is 0.225 e. The van der Waals surface area contributed by atoms with Crippen molar-refractivity contribution in [3.05, 3.63) is 36.0 Å². The third kappa shape index (κ3) is 5.11. The zero-order chi connectivity index (χ0) is 25.1. The van der Waals surface area contributed by atoms with Gasteiger partial charge in [0.15, 0.2) is 0 Å². The van der Waals surface area contributed by atoms with Crippen molar-refractivity contribution in [3.8, 4) is 17.4 Å². The second-order valence-corrected chi connectivity index (χ2v) is 9.63. The number of aliphatic hydroxyl groups is 1. The van der Waals surface area contributed by atoms with Gasteiger partial charge in [-0.15, -0.1) is 0 Å². The van der Waals surface area contributed by atoms with Gasteiger partial charge in [0.05, 0.1) is 49.4 Å². The molecule has 1 saturated carbocycles. The summed E-state index contributed by atoms with van der Waals surface area (Å²) in [5.74, 6) is 2.30. The molecule has 1 amide bonds. The fourth-order valence-corrected chi connectivity index (χ4v) is 5.34. The van der Waals surface area contributed by atoms with Crippen LogP contribution in [0.4, 0.5) is 11.4 Å². The number of likely N-dealkylation sites (tertiary alicyclic amines) is 1. The molecule has 1 N–H and O–H groups in total. The average molecular weight is 495 g/mol. The van der Waals surface area contributed by atoms with Crippen LogP contribution in [0.2, 0.25) is 0 Å². The van der Waals surface area contributed by atoms with E-state index < -0.39 is 0 Å². The molecule has 1 aromatic carbocycles. The highest BCUT2D eigenvalue weighted by molar-refractivity contribution is 5.85. The van der Waals surface area contributed by atoms with Gasteiger partial charge in [-0.3, -0.25) is 9.79 Å². The van der Waals surface area contributed by atoms with Crippen molar-refractivity contribution < 1.29 is 24.1 Å². The maximum Gasteiger partial charge on any atom is 0.225 e. The van der Waals surface area contributed by atoms with Gasteiger partial charge in [-0.2, -0.15) is 0 Å². The first-order chi connectivity index (χ1) is 17.6. The summed E-state index contributed by atoms with van der Waals surface area (Å²) in [5.41, 5.74) is 2.64. The fraction of sp³-hybridized carbons (Fsp3) is 0.519. The summed E-state index contributed by atoms with van der Waals surface area (Å²) in [4.78, 5) is 25.6. The predicted octanol–water partition coefficient (Wildman–Crippen LogP) is 3.20. The summed E-state index contributed by atoms with van der Waals surface area (Å²) in [5, 5.41) is 9.74. The molecule has 36 heavy (non-hydrogen) atoms. The normalized spacial score (nSPS) is 23.9. The number of aliphatic imine (C=N–C) groups is 1. The van der Waals surface area contributed by atoms with Gasteiger partial charge in [-0.1, -0.05) is 0 Å². The summed E-state index contributed by atoms with van der Waals surface area (Å²) in [7, 11) is 3.32. The Bertz CT molecular complexity index is 1120. The molecule has 3 aliphatic rings. The second kappa shape index (κ2) is 10.7. The first-order valence-corrected chi connectivity index (χ1v) is 12.7. The van der Waals surface area contributed by atoms with E-state index in [0.29, 0.717) is 45.0 Å². The number of nitrogens with zero attached hydrogens (tertiary/aromatic N) is 4. The number of aliphatic hydroxyl groups excluding tert-OH is 1. The topological polar surface area (TPSA) is 96.7 Å². The van der Waals surface area contributed by atoms with E-state index >= 15 is 0 Å². The minimum absolute atomic E-state index is 0.0300. The number of pyridine rings is 1. The van der Waals surface area contributed by atoms with Crippen LogP contribution >= 0.6 is 0 Å². The Morgan fingerprint density at radius 1 is 1.19 bits per heavy atom. The number of ether oxygens (including phenoxy) is 3. The second-order valence-electron chi connectivity index (χ2n) is 9.63. The summed E-state index contributed by atoms with van der Waals surface area (Å²) in [6.45, 7) is 2.54. The lowest BCUT2D eigenvalue weighted by Crippen LogP contribution is -2.37. The number of carbonyl (C=O) groups is 1. The maximum absolute atomic E-state index is 13.0. The Morgan fingerprint density at radius 2 is 2.03 bits per heavy atom. The molecule has 5 rings (SSSR count). The van der Waals surface area contributed by atoms with Gasteiger partial charge in [0.25, 0.3) is 0 Å². The molecular formula is C27H34N4O5. The molecule has 9 heteroatoms. The zero-order valence-electron chi connectivity index (χ0n) is 20.9. The Labute approximate surface area is 211 Å². The number of methoxy groups -OCH3 is 1. The van der Waals surface area contributed by atoms with Gasteiger partial charge >= 0.3 is 0 Å². The van der Waals surface area contributed by atoms with Gasteiger partial charge in [0.1, 0.15) is 24.2 Å². The minimum atomic E-state index is -0.253. The molecule has 1 atom stereocenters. The van der Waals surface area contributed by atoms with Crippen molar-refractivity contribution in [2.45, 2.75) is 44.3 Å². The van der Waals surface area contributed by atoms with Gasteiger partial charge in [0.2, 0.25) is 11.8 Å². The van der Waals surface area contributed by atoms with E-state index in [0.717, 1.165) is 47.7 Å². The Kier molecular flexibility index (Phi) is 7.27. The predicted molar refractivity (Wildman–Crippen MR) is 137 cm³/mol. The highest BCUT2D eigenvalue weighted by Crippen LogP contribution is 2.40. The molecule has 2 fully saturated rings. The molecule has 9 nitrogen and oxygen atoms in total. The molecule has 1 aromatic heterocycles. The first-order valence-electron chi connectivity index (χ1n) is 12.7. The maximum atomic E-state index is 13.0. The van der Waals surface area contributed by atoms with Gasteiger partial charge in [0, 0.05) is 38.2 Å². The van der Waals surface area contributed by atoms with E-state index in [1.54, 1.807) is 26.6 Å². The number of amides is 1. The standard InChI is InChI=1S/C27H34N4O5/c1-28-15-19-13-20(16-29-26(19)34-2)31-11-12-35-25-8-7-22(14-24(25)31)36-23-9-10-30(17-23)27(33)18-3-5-21(32)6-4-18/h7-8,13-16,18,21,23,32H,3-6,9-12,17H2,1-2H3. The zero-order valence-corrected chi connectivity index (χ0v) is 20.9. The van der Waals surface area contributed by atoms with Crippen molar-refractivity contribution in [1.82, 2.24) is 9.88 Å². The molecule has 0 bridgehead atoms. The van der Waals surface area contributed by atoms with Crippen LogP contribution in [0.3, 0.4) is 0 Å². The van der Waals surface area contributed by atoms with Crippen LogP contribution in [0.1, 0.15) is 37.7 Å². The molecule has 192 valence electrons. The number of carbonyl (C=O) groups excluding carboxylic acids is 1. The summed E-state index contributed by atoms with van der Waals surface area (Å²) in [6, 6.07) is 7.87. The number of hydrogen-bond acceptors (Lipinski definition) is 8. The van der Waals surface area contributed by atoms with E-state index in [-0.39, 0.29) is 24.0 Å². The van der Waals surface area contributed by atoms with Gasteiger partial charge in [-0.25, -0.2) is 4.98 Å². The molecule has 3 heterocycles. The monoisotopic (exact) mass is 494 g/mol. The van der Waals surface area contributed by atoms with Crippen LogP contribution in [0, 0.1) is 5.92 Å². The van der Waals surface area contributed by atoms with Gasteiger partial charge in [-0.05, 0) is 43.9 Å². The Hall–Kier alpha value is -3.33. The lowest BCUT2D eigenvalue weighted by molar-refractivity contribution is -0.136. The van der Waals surface area contributed by atoms with Crippen molar-refractivity contribution >= 4 is 23.5 Å². The minimum Gasteiger partial charge on any atom is -0.490 e. The average Bonchev–Trinajstić information content (AvgIpc) is 3.37. The van der Waals surface area contributed by atoms with Crippen molar-refractivity contribution in [2.24, 2.45) is 10.9 Å². The van der Waals surface area contributed by atoms with E-state index in [1.165, 1.54) is 0 Å². The highest BCUT2D eigenvalue weighted by Gasteiger charge is 2.34. The van der Waals surface area contributed by atoms with Gasteiger partial charge < -0.3 is 29.1 Å². The Morgan fingerprint density at radius 3 is 2.81 bits per heavy atom. The quantitative estimate of drug-likeness (QED) is 0.616. The van der Waals surface area contributed by atoms with E-state index in [9.17, 15) is 9.90 Å².